The molecule has 0 saturated carbocycles. The van der Waals surface area contributed by atoms with Gasteiger partial charge in [-0.05, 0) is 46.6 Å². The van der Waals surface area contributed by atoms with E-state index in [1.54, 1.807) is 0 Å². The van der Waals surface area contributed by atoms with Crippen molar-refractivity contribution in [1.82, 2.24) is 0 Å². The van der Waals surface area contributed by atoms with Gasteiger partial charge < -0.3 is 5.32 Å². The van der Waals surface area contributed by atoms with Crippen molar-refractivity contribution < 1.29 is 0 Å². The highest BCUT2D eigenvalue weighted by molar-refractivity contribution is 5.65. The summed E-state index contributed by atoms with van der Waals surface area (Å²) < 4.78 is 0. The lowest BCUT2D eigenvalue weighted by Gasteiger charge is -2.23. The van der Waals surface area contributed by atoms with Crippen LogP contribution in [0.15, 0.2) is 41.8 Å². The monoisotopic (exact) mass is 281 g/mol. The summed E-state index contributed by atoms with van der Waals surface area (Å²) in [7, 11) is 0. The summed E-state index contributed by atoms with van der Waals surface area (Å²) in [5, 5.41) is 3.59. The second-order valence-corrected chi connectivity index (χ2v) is 6.75. The molecule has 0 saturated heterocycles. The predicted molar refractivity (Wildman–Crippen MR) is 93.1 cm³/mol. The number of nitrogens with one attached hydrogen (secondary N) is 1. The molecule has 0 radical (unpaired) electrons. The molecule has 21 heavy (non-hydrogen) atoms. The molecule has 0 spiro atoms. The van der Waals surface area contributed by atoms with Crippen LogP contribution in [0.2, 0.25) is 0 Å². The standard InChI is InChI=1S/C20H27N/c1-13(2)16-11-18(14(3)4)20(19(12-16)15(5)6)21-17-9-7-8-10-17/h7-9,11-15,21H,1-6H3. The van der Waals surface area contributed by atoms with Gasteiger partial charge in [-0.25, -0.2) is 0 Å². The first-order valence-corrected chi connectivity index (χ1v) is 7.98. The SMILES string of the molecule is CC(C)c1cc(C(C)C)c(NC2=C=CC=C2)c(C(C)C)c1. The summed E-state index contributed by atoms with van der Waals surface area (Å²) >= 11 is 0. The zero-order chi connectivity index (χ0) is 15.6. The van der Waals surface area contributed by atoms with Gasteiger partial charge in [-0.15, -0.1) is 0 Å². The van der Waals surface area contributed by atoms with Crippen LogP contribution in [0.5, 0.6) is 0 Å². The molecule has 0 heterocycles. The first-order valence-electron chi connectivity index (χ1n) is 7.98. The minimum absolute atomic E-state index is 0.499. The highest BCUT2D eigenvalue weighted by Gasteiger charge is 2.17. The molecule has 0 bridgehead atoms. The molecule has 2 rings (SSSR count). The molecule has 0 atom stereocenters. The first kappa shape index (κ1) is 15.7. The maximum atomic E-state index is 3.59. The van der Waals surface area contributed by atoms with E-state index in [9.17, 15) is 0 Å². The van der Waals surface area contributed by atoms with Gasteiger partial charge in [0.05, 0.1) is 5.70 Å². The lowest BCUT2D eigenvalue weighted by molar-refractivity contribution is 0.807. The Morgan fingerprint density at radius 1 is 0.857 bits per heavy atom. The van der Waals surface area contributed by atoms with Crippen LogP contribution in [-0.2, 0) is 0 Å². The largest absolute Gasteiger partial charge is 0.349 e. The lowest BCUT2D eigenvalue weighted by Crippen LogP contribution is -2.08. The van der Waals surface area contributed by atoms with Crippen molar-refractivity contribution in [2.45, 2.75) is 59.3 Å². The maximum Gasteiger partial charge on any atom is 0.0818 e. The summed E-state index contributed by atoms with van der Waals surface area (Å²) in [4.78, 5) is 0. The van der Waals surface area contributed by atoms with Crippen molar-refractivity contribution in [3.8, 4) is 0 Å². The molecule has 0 amide bonds. The molecule has 1 nitrogen and oxygen atoms in total. The third-order valence-corrected chi connectivity index (χ3v) is 3.99. The number of hydrogen-bond donors (Lipinski definition) is 1. The van der Waals surface area contributed by atoms with Crippen LogP contribution in [0.1, 0.15) is 76.0 Å². The molecule has 0 aliphatic heterocycles. The smallest absolute Gasteiger partial charge is 0.0818 e. The van der Waals surface area contributed by atoms with Gasteiger partial charge in [-0.3, -0.25) is 0 Å². The van der Waals surface area contributed by atoms with Crippen LogP contribution in [-0.4, -0.2) is 0 Å². The Kier molecular flexibility index (Phi) is 4.75. The Morgan fingerprint density at radius 2 is 1.43 bits per heavy atom. The zero-order valence-corrected chi connectivity index (χ0v) is 14.1. The normalized spacial score (nSPS) is 13.7. The molecule has 1 aliphatic rings. The number of rotatable bonds is 5. The Hall–Kier alpha value is -1.72. The molecule has 0 aromatic heterocycles. The number of hydrogen-bond acceptors (Lipinski definition) is 1. The third kappa shape index (κ3) is 3.49. The summed E-state index contributed by atoms with van der Waals surface area (Å²) in [6.07, 6.45) is 6.05. The Morgan fingerprint density at radius 3 is 1.81 bits per heavy atom. The molecule has 1 aromatic carbocycles. The van der Waals surface area contributed by atoms with Gasteiger partial charge in [0.25, 0.3) is 0 Å². The fourth-order valence-corrected chi connectivity index (χ4v) is 2.64. The topological polar surface area (TPSA) is 12.0 Å². The summed E-state index contributed by atoms with van der Waals surface area (Å²) in [6, 6.07) is 4.74. The van der Waals surface area contributed by atoms with Gasteiger partial charge in [0.2, 0.25) is 0 Å². The molecule has 0 fully saturated rings. The van der Waals surface area contributed by atoms with E-state index in [4.69, 9.17) is 0 Å². The van der Waals surface area contributed by atoms with E-state index < -0.39 is 0 Å². The fourth-order valence-electron chi connectivity index (χ4n) is 2.64. The predicted octanol–water partition coefficient (Wildman–Crippen LogP) is 6.08. The van der Waals surface area contributed by atoms with E-state index in [1.165, 1.54) is 22.4 Å². The first-order chi connectivity index (χ1) is 9.90. The second kappa shape index (κ2) is 6.37. The molecular weight excluding hydrogens is 254 g/mol. The number of benzene rings is 1. The molecular formula is C20H27N. The molecule has 1 heteroatoms. The van der Waals surface area contributed by atoms with Crippen molar-refractivity contribution in [2.24, 2.45) is 0 Å². The van der Waals surface area contributed by atoms with Gasteiger partial charge in [0.1, 0.15) is 0 Å². The van der Waals surface area contributed by atoms with Crippen LogP contribution in [0.3, 0.4) is 0 Å². The van der Waals surface area contributed by atoms with Crippen molar-refractivity contribution >= 4 is 5.69 Å². The van der Waals surface area contributed by atoms with Crippen LogP contribution >= 0.6 is 0 Å². The second-order valence-electron chi connectivity index (χ2n) is 6.75. The van der Waals surface area contributed by atoms with E-state index in [0.717, 1.165) is 5.70 Å². The van der Waals surface area contributed by atoms with Crippen LogP contribution in [0, 0.1) is 0 Å². The van der Waals surface area contributed by atoms with Crippen molar-refractivity contribution in [3.05, 3.63) is 58.5 Å². The third-order valence-electron chi connectivity index (χ3n) is 3.99. The van der Waals surface area contributed by atoms with E-state index in [1.807, 2.05) is 12.2 Å². The Balaban J connectivity index is 2.58. The summed E-state index contributed by atoms with van der Waals surface area (Å²) in [5.41, 5.74) is 9.80. The molecule has 112 valence electrons. The van der Waals surface area contributed by atoms with E-state index >= 15 is 0 Å². The van der Waals surface area contributed by atoms with Gasteiger partial charge in [-0.1, -0.05) is 65.5 Å². The van der Waals surface area contributed by atoms with Crippen LogP contribution in [0.25, 0.3) is 0 Å². The fraction of sp³-hybridized carbons (Fsp3) is 0.450. The van der Waals surface area contributed by atoms with Gasteiger partial charge in [-0.2, -0.15) is 0 Å². The summed E-state index contributed by atoms with van der Waals surface area (Å²) in [5.74, 6) is 1.55. The minimum atomic E-state index is 0.499. The highest BCUT2D eigenvalue weighted by atomic mass is 14.9. The average Bonchev–Trinajstić information content (AvgIpc) is 2.90. The average molecular weight is 281 g/mol. The lowest BCUT2D eigenvalue weighted by atomic mass is 9.87. The van der Waals surface area contributed by atoms with Crippen molar-refractivity contribution in [3.63, 3.8) is 0 Å². The Labute approximate surface area is 129 Å². The van der Waals surface area contributed by atoms with E-state index in [2.05, 4.69) is 70.8 Å². The van der Waals surface area contributed by atoms with Crippen LogP contribution < -0.4 is 5.32 Å². The molecule has 1 aliphatic carbocycles. The van der Waals surface area contributed by atoms with E-state index in [0.29, 0.717) is 17.8 Å². The van der Waals surface area contributed by atoms with E-state index in [-0.39, 0.29) is 0 Å². The van der Waals surface area contributed by atoms with Crippen molar-refractivity contribution in [2.75, 3.05) is 5.32 Å². The number of allylic oxidation sites excluding steroid dienone is 2. The maximum absolute atomic E-state index is 3.59. The molecule has 0 unspecified atom stereocenters. The van der Waals surface area contributed by atoms with Gasteiger partial charge in [0.15, 0.2) is 0 Å². The highest BCUT2D eigenvalue weighted by Crippen LogP contribution is 2.36. The molecule has 1 aromatic rings. The zero-order valence-electron chi connectivity index (χ0n) is 14.1. The van der Waals surface area contributed by atoms with Crippen molar-refractivity contribution in [1.29, 1.82) is 0 Å². The minimum Gasteiger partial charge on any atom is -0.349 e. The number of anilines is 1. The quantitative estimate of drug-likeness (QED) is 0.645. The summed E-state index contributed by atoms with van der Waals surface area (Å²) in [6.45, 7) is 13.6. The molecule has 1 N–H and O–H groups in total. The van der Waals surface area contributed by atoms with Gasteiger partial charge in [0, 0.05) is 5.69 Å². The van der Waals surface area contributed by atoms with Gasteiger partial charge >= 0.3 is 0 Å². The Bertz CT molecular complexity index is 580. The van der Waals surface area contributed by atoms with Crippen LogP contribution in [0.4, 0.5) is 5.69 Å².